The predicted octanol–water partition coefficient (Wildman–Crippen LogP) is 4.02. The molecule has 6 heteroatoms. The van der Waals surface area contributed by atoms with Crippen LogP contribution in [-0.4, -0.2) is 49.9 Å². The van der Waals surface area contributed by atoms with Gasteiger partial charge in [-0.2, -0.15) is 0 Å². The minimum Gasteiger partial charge on any atom is -0.444 e. The topological polar surface area (TPSA) is 76.8 Å². The quantitative estimate of drug-likeness (QED) is 0.594. The lowest BCUT2D eigenvalue weighted by Gasteiger charge is -2.28. The highest BCUT2D eigenvalue weighted by atomic mass is 16.6. The number of methoxy groups -OCH3 is 1. The highest BCUT2D eigenvalue weighted by Gasteiger charge is 2.21. The lowest BCUT2D eigenvalue weighted by Crippen LogP contribution is -2.41. The molecule has 0 radical (unpaired) electrons. The summed E-state index contributed by atoms with van der Waals surface area (Å²) in [4.78, 5) is 14.2. The number of nitrogens with two attached hydrogens (primary N) is 1. The summed E-state index contributed by atoms with van der Waals surface area (Å²) in [5.41, 5.74) is 7.78. The maximum Gasteiger partial charge on any atom is 0.410 e. The molecule has 28 heavy (non-hydrogen) atoms. The van der Waals surface area contributed by atoms with Crippen molar-refractivity contribution >= 4 is 6.09 Å². The average Bonchev–Trinajstić information content (AvgIpc) is 2.62. The van der Waals surface area contributed by atoms with Crippen LogP contribution in [0, 0.1) is 0 Å². The van der Waals surface area contributed by atoms with Gasteiger partial charge in [-0.3, -0.25) is 0 Å². The molecule has 0 aliphatic rings. The largest absolute Gasteiger partial charge is 0.444 e. The van der Waals surface area contributed by atoms with E-state index in [2.05, 4.69) is 36.5 Å². The predicted molar refractivity (Wildman–Crippen MR) is 114 cm³/mol. The van der Waals surface area contributed by atoms with Gasteiger partial charge in [-0.25, -0.2) is 4.79 Å². The van der Waals surface area contributed by atoms with Crippen LogP contribution in [-0.2, 0) is 9.47 Å². The Morgan fingerprint density at radius 3 is 2.29 bits per heavy atom. The Labute approximate surface area is 170 Å². The second kappa shape index (κ2) is 12.0. The van der Waals surface area contributed by atoms with E-state index in [-0.39, 0.29) is 18.2 Å². The van der Waals surface area contributed by atoms with Crippen molar-refractivity contribution in [2.45, 2.75) is 65.1 Å². The van der Waals surface area contributed by atoms with Crippen LogP contribution in [0.15, 0.2) is 24.3 Å². The fraction of sp³-hybridized carbons (Fsp3) is 0.682. The molecule has 3 N–H and O–H groups in total. The number of benzene rings is 1. The first-order chi connectivity index (χ1) is 13.2. The third-order valence-corrected chi connectivity index (χ3v) is 4.39. The van der Waals surface area contributed by atoms with E-state index in [9.17, 15) is 4.79 Å². The van der Waals surface area contributed by atoms with Gasteiger partial charge in [-0.15, -0.1) is 0 Å². The van der Waals surface area contributed by atoms with Gasteiger partial charge in [0.05, 0.1) is 0 Å². The summed E-state index contributed by atoms with van der Waals surface area (Å²) in [5.74, 6) is 0. The van der Waals surface area contributed by atoms with Crippen molar-refractivity contribution in [3.63, 3.8) is 0 Å². The Kier molecular flexibility index (Phi) is 10.5. The summed E-state index contributed by atoms with van der Waals surface area (Å²) in [6.07, 6.45) is 1.49. The molecule has 6 nitrogen and oxygen atoms in total. The van der Waals surface area contributed by atoms with Crippen molar-refractivity contribution in [1.82, 2.24) is 10.2 Å². The third kappa shape index (κ3) is 9.04. The number of rotatable bonds is 11. The van der Waals surface area contributed by atoms with Crippen LogP contribution in [0.1, 0.15) is 70.7 Å². The molecule has 0 bridgehead atoms. The van der Waals surface area contributed by atoms with Crippen molar-refractivity contribution < 1.29 is 14.3 Å². The molecule has 2 atom stereocenters. The molecule has 1 aromatic rings. The standard InChI is InChI=1S/C22H39N3O3/c1-7-14-25(21(26)28-22(3,4)5)15-13-24-20(12-16-27-6)19-10-8-18(9-11-19)17(2)23/h8-11,17,20,24H,7,12-16,23H2,1-6H3/t17-,20?/m0/s1. The average molecular weight is 394 g/mol. The number of hydrogen-bond donors (Lipinski definition) is 2. The van der Waals surface area contributed by atoms with Crippen molar-refractivity contribution in [3.05, 3.63) is 35.4 Å². The number of amides is 1. The highest BCUT2D eigenvalue weighted by molar-refractivity contribution is 5.68. The number of ether oxygens (including phenoxy) is 2. The van der Waals surface area contributed by atoms with Crippen LogP contribution in [0.2, 0.25) is 0 Å². The zero-order valence-corrected chi connectivity index (χ0v) is 18.5. The molecule has 0 saturated heterocycles. The second-order valence-electron chi connectivity index (χ2n) is 8.21. The van der Waals surface area contributed by atoms with Crippen LogP contribution in [0.5, 0.6) is 0 Å². The van der Waals surface area contributed by atoms with E-state index < -0.39 is 5.60 Å². The van der Waals surface area contributed by atoms with Gasteiger partial charge in [-0.05, 0) is 51.7 Å². The summed E-state index contributed by atoms with van der Waals surface area (Å²) in [6, 6.07) is 8.56. The number of nitrogens with one attached hydrogen (secondary N) is 1. The molecule has 0 saturated carbocycles. The molecule has 1 rings (SSSR count). The zero-order chi connectivity index (χ0) is 21.2. The van der Waals surface area contributed by atoms with Gasteiger partial charge in [-0.1, -0.05) is 31.2 Å². The number of hydrogen-bond acceptors (Lipinski definition) is 5. The fourth-order valence-electron chi connectivity index (χ4n) is 2.92. The first-order valence-corrected chi connectivity index (χ1v) is 10.2. The molecule has 0 aliphatic heterocycles. The van der Waals surface area contributed by atoms with Crippen LogP contribution < -0.4 is 11.1 Å². The molecular weight excluding hydrogens is 354 g/mol. The Morgan fingerprint density at radius 1 is 1.18 bits per heavy atom. The van der Waals surface area contributed by atoms with Gasteiger partial charge in [0.25, 0.3) is 0 Å². The number of carbonyl (C=O) groups excluding carboxylic acids is 1. The van der Waals surface area contributed by atoms with Gasteiger partial charge in [0.2, 0.25) is 0 Å². The maximum absolute atomic E-state index is 12.4. The zero-order valence-electron chi connectivity index (χ0n) is 18.5. The molecule has 1 amide bonds. The van der Waals surface area contributed by atoms with E-state index in [0.29, 0.717) is 26.2 Å². The molecule has 160 valence electrons. The second-order valence-corrected chi connectivity index (χ2v) is 8.21. The van der Waals surface area contributed by atoms with Crippen molar-refractivity contribution in [2.75, 3.05) is 33.4 Å². The van der Waals surface area contributed by atoms with Gasteiger partial charge in [0.1, 0.15) is 5.60 Å². The normalized spacial score (nSPS) is 13.8. The third-order valence-electron chi connectivity index (χ3n) is 4.39. The first kappa shape index (κ1) is 24.4. The first-order valence-electron chi connectivity index (χ1n) is 10.2. The van der Waals surface area contributed by atoms with Gasteiger partial charge in [0, 0.05) is 45.4 Å². The molecule has 0 aliphatic carbocycles. The van der Waals surface area contributed by atoms with Crippen molar-refractivity contribution in [3.8, 4) is 0 Å². The lowest BCUT2D eigenvalue weighted by atomic mass is 10.0. The van der Waals surface area contributed by atoms with E-state index in [0.717, 1.165) is 18.4 Å². The molecular formula is C22H39N3O3. The molecule has 1 unspecified atom stereocenters. The van der Waals surface area contributed by atoms with Crippen molar-refractivity contribution in [2.24, 2.45) is 5.73 Å². The Morgan fingerprint density at radius 2 is 1.79 bits per heavy atom. The molecule has 1 aromatic carbocycles. The smallest absolute Gasteiger partial charge is 0.410 e. The molecule has 0 heterocycles. The number of nitrogens with zero attached hydrogens (tertiary/aromatic N) is 1. The van der Waals surface area contributed by atoms with E-state index in [1.807, 2.05) is 27.7 Å². The van der Waals surface area contributed by atoms with Gasteiger partial charge >= 0.3 is 6.09 Å². The van der Waals surface area contributed by atoms with Gasteiger partial charge < -0.3 is 25.4 Å². The lowest BCUT2D eigenvalue weighted by molar-refractivity contribution is 0.0250. The minimum atomic E-state index is -0.487. The van der Waals surface area contributed by atoms with E-state index >= 15 is 0 Å². The Balaban J connectivity index is 2.71. The summed E-state index contributed by atoms with van der Waals surface area (Å²) >= 11 is 0. The van der Waals surface area contributed by atoms with Crippen LogP contribution in [0.4, 0.5) is 4.79 Å². The maximum atomic E-state index is 12.4. The van der Waals surface area contributed by atoms with E-state index in [1.165, 1.54) is 5.56 Å². The van der Waals surface area contributed by atoms with Crippen LogP contribution >= 0.6 is 0 Å². The Bertz CT molecular complexity index is 567. The summed E-state index contributed by atoms with van der Waals surface area (Å²) in [7, 11) is 1.71. The number of carbonyl (C=O) groups is 1. The minimum absolute atomic E-state index is 0.0239. The molecule has 0 aromatic heterocycles. The van der Waals surface area contributed by atoms with Crippen LogP contribution in [0.25, 0.3) is 0 Å². The highest BCUT2D eigenvalue weighted by Crippen LogP contribution is 2.19. The van der Waals surface area contributed by atoms with E-state index in [1.54, 1.807) is 12.0 Å². The summed E-state index contributed by atoms with van der Waals surface area (Å²) in [5, 5.41) is 3.57. The SMILES string of the molecule is CCCN(CCNC(CCOC)c1ccc([C@H](C)N)cc1)C(=O)OC(C)(C)C. The monoisotopic (exact) mass is 393 g/mol. The van der Waals surface area contributed by atoms with E-state index in [4.69, 9.17) is 15.2 Å². The fourth-order valence-corrected chi connectivity index (χ4v) is 2.92. The molecule has 0 fully saturated rings. The summed E-state index contributed by atoms with van der Waals surface area (Å²) < 4.78 is 10.8. The Hall–Kier alpha value is -1.63. The van der Waals surface area contributed by atoms with Crippen LogP contribution in [0.3, 0.4) is 0 Å². The molecule has 0 spiro atoms. The summed E-state index contributed by atoms with van der Waals surface area (Å²) in [6.45, 7) is 12.3. The van der Waals surface area contributed by atoms with Crippen molar-refractivity contribution in [1.29, 1.82) is 0 Å². The van der Waals surface area contributed by atoms with Gasteiger partial charge in [0.15, 0.2) is 0 Å².